The van der Waals surface area contributed by atoms with E-state index in [0.717, 1.165) is 18.6 Å². The second-order valence-corrected chi connectivity index (χ2v) is 15.7. The summed E-state index contributed by atoms with van der Waals surface area (Å²) in [7, 11) is 1.89. The number of hydrogen-bond donors (Lipinski definition) is 1. The van der Waals surface area contributed by atoms with Crippen molar-refractivity contribution in [1.82, 2.24) is 19.5 Å². The fourth-order valence-electron chi connectivity index (χ4n) is 4.69. The number of aromatic nitrogens is 4. The van der Waals surface area contributed by atoms with Crippen LogP contribution >= 0.6 is 29.4 Å². The van der Waals surface area contributed by atoms with Crippen LogP contribution in [0.15, 0.2) is 12.7 Å². The number of imidazole rings is 1. The Morgan fingerprint density at radius 3 is 2.13 bits per heavy atom. The van der Waals surface area contributed by atoms with E-state index in [0.29, 0.717) is 29.9 Å². The van der Waals surface area contributed by atoms with Gasteiger partial charge in [-0.1, -0.05) is 125 Å². The molecule has 0 aliphatic heterocycles. The Morgan fingerprint density at radius 1 is 0.897 bits per heavy atom. The molecule has 2 N–H and O–H groups in total. The molecule has 0 amide bonds. The first-order valence-corrected chi connectivity index (χ1v) is 19.5. The number of unbranched alkanes of at least 4 members (excludes halogenated alkanes) is 13. The second kappa shape index (κ2) is 21.9. The Morgan fingerprint density at radius 2 is 1.51 bits per heavy atom. The minimum absolute atomic E-state index is 0.0944. The van der Waals surface area contributed by atoms with Gasteiger partial charge in [0.2, 0.25) is 0 Å². The van der Waals surface area contributed by atoms with Crippen molar-refractivity contribution in [3.05, 3.63) is 12.7 Å². The van der Waals surface area contributed by atoms with Crippen LogP contribution in [0.1, 0.15) is 124 Å². The molecular formula is C29H54N5O2PS2. The van der Waals surface area contributed by atoms with Crippen LogP contribution in [-0.4, -0.2) is 42.7 Å². The first kappa shape index (κ1) is 34.4. The normalized spacial score (nSPS) is 14.1. The number of ether oxygens (including phenoxy) is 1. The van der Waals surface area contributed by atoms with Crippen LogP contribution < -0.4 is 5.73 Å². The van der Waals surface area contributed by atoms with Crippen molar-refractivity contribution in [2.24, 2.45) is 0 Å². The molecule has 3 atom stereocenters. The number of anilines is 1. The summed E-state index contributed by atoms with van der Waals surface area (Å²) in [5, 5.41) is 0. The zero-order valence-electron chi connectivity index (χ0n) is 24.7. The molecule has 2 heterocycles. The van der Waals surface area contributed by atoms with Gasteiger partial charge in [0, 0.05) is 5.75 Å². The number of nitrogen functional groups attached to an aromatic ring is 1. The molecule has 39 heavy (non-hydrogen) atoms. The van der Waals surface area contributed by atoms with E-state index in [9.17, 15) is 4.57 Å². The van der Waals surface area contributed by atoms with E-state index in [1.54, 1.807) is 6.33 Å². The summed E-state index contributed by atoms with van der Waals surface area (Å²) in [6.45, 7) is 7.04. The molecule has 224 valence electrons. The zero-order valence-corrected chi connectivity index (χ0v) is 27.4. The molecule has 10 heteroatoms. The molecule has 2 aromatic heterocycles. The number of fused-ring (bicyclic) bond motifs is 1. The van der Waals surface area contributed by atoms with Gasteiger partial charge in [0.25, 0.3) is 0 Å². The van der Waals surface area contributed by atoms with Gasteiger partial charge in [-0.2, -0.15) is 0 Å². The third-order valence-electron chi connectivity index (χ3n) is 7.07. The smallest absolute Gasteiger partial charge is 0.165 e. The Bertz CT molecular complexity index is 917. The molecule has 7 nitrogen and oxygen atoms in total. The van der Waals surface area contributed by atoms with Crippen molar-refractivity contribution >= 4 is 46.4 Å². The van der Waals surface area contributed by atoms with Crippen LogP contribution in [0.4, 0.5) is 5.82 Å². The van der Waals surface area contributed by atoms with Gasteiger partial charge in [-0.25, -0.2) is 15.0 Å². The average molecular weight is 600 g/mol. The molecule has 2 aromatic rings. The molecule has 0 spiro atoms. The molecule has 0 fully saturated rings. The van der Waals surface area contributed by atoms with Crippen molar-refractivity contribution in [3.63, 3.8) is 0 Å². The maximum atomic E-state index is 13.1. The molecule has 0 saturated carbocycles. The topological polar surface area (TPSA) is 95.9 Å². The summed E-state index contributed by atoms with van der Waals surface area (Å²) in [6, 6.07) is 0. The zero-order chi connectivity index (χ0) is 28.1. The van der Waals surface area contributed by atoms with Crippen molar-refractivity contribution in [1.29, 1.82) is 0 Å². The summed E-state index contributed by atoms with van der Waals surface area (Å²) >= 11 is 0. The average Bonchev–Trinajstić information content (AvgIpc) is 3.34. The van der Waals surface area contributed by atoms with Crippen LogP contribution in [0, 0.1) is 0 Å². The van der Waals surface area contributed by atoms with Gasteiger partial charge < -0.3 is 19.6 Å². The van der Waals surface area contributed by atoms with Gasteiger partial charge >= 0.3 is 0 Å². The van der Waals surface area contributed by atoms with E-state index in [4.69, 9.17) is 10.5 Å². The van der Waals surface area contributed by atoms with Crippen LogP contribution in [0.2, 0.25) is 0 Å². The van der Waals surface area contributed by atoms with Crippen LogP contribution in [0.25, 0.3) is 11.2 Å². The third-order valence-corrected chi connectivity index (χ3v) is 12.8. The van der Waals surface area contributed by atoms with E-state index in [1.807, 2.05) is 33.1 Å². The lowest BCUT2D eigenvalue weighted by atomic mass is 10.0. The summed E-state index contributed by atoms with van der Waals surface area (Å²) in [5.41, 5.74) is 7.18. The van der Waals surface area contributed by atoms with Gasteiger partial charge in [-0.05, 0) is 19.8 Å². The molecule has 0 saturated heterocycles. The van der Waals surface area contributed by atoms with Gasteiger partial charge in [0.05, 0.1) is 30.3 Å². The first-order valence-electron chi connectivity index (χ1n) is 15.4. The van der Waals surface area contributed by atoms with Crippen molar-refractivity contribution in [2.75, 3.05) is 17.8 Å². The van der Waals surface area contributed by atoms with Gasteiger partial charge in [0.1, 0.15) is 19.6 Å². The highest BCUT2D eigenvalue weighted by molar-refractivity contribution is 8.77. The first-order chi connectivity index (χ1) is 19.1. The molecule has 0 radical (unpaired) electrons. The summed E-state index contributed by atoms with van der Waals surface area (Å²) < 4.78 is 21.0. The van der Waals surface area contributed by atoms with E-state index < -0.39 is 7.80 Å². The molecule has 2 rings (SSSR count). The number of nitrogens with two attached hydrogens (primary N) is 1. The summed E-state index contributed by atoms with van der Waals surface area (Å²) in [5.74, 6) is 1.52. The maximum absolute atomic E-state index is 13.1. The maximum Gasteiger partial charge on any atom is 0.165 e. The van der Waals surface area contributed by atoms with E-state index in [2.05, 4.69) is 28.8 Å². The molecule has 0 aliphatic rings. The highest BCUT2D eigenvalue weighted by Crippen LogP contribution is 2.45. The molecule has 0 aliphatic carbocycles. The Balaban J connectivity index is 1.50. The van der Waals surface area contributed by atoms with Gasteiger partial charge in [0.15, 0.2) is 11.5 Å². The molecular weight excluding hydrogens is 545 g/mol. The fourth-order valence-corrected chi connectivity index (χ4v) is 10.5. The predicted octanol–water partition coefficient (Wildman–Crippen LogP) is 9.32. The minimum Gasteiger partial charge on any atom is -0.382 e. The number of nitrogens with zero attached hydrogens (tertiary/aromatic N) is 4. The predicted molar refractivity (Wildman–Crippen MR) is 173 cm³/mol. The van der Waals surface area contributed by atoms with Crippen molar-refractivity contribution in [3.8, 4) is 0 Å². The Hall–Kier alpha value is -0.760. The quantitative estimate of drug-likeness (QED) is 0.0685. The van der Waals surface area contributed by atoms with Crippen LogP contribution in [0.5, 0.6) is 0 Å². The summed E-state index contributed by atoms with van der Waals surface area (Å²) in [6.07, 6.45) is 24.9. The Labute approximate surface area is 246 Å². The lowest BCUT2D eigenvalue weighted by Crippen LogP contribution is -2.17. The SMILES string of the molecule is CCCCCCCCCCCCCCCCSSC(CCC)[PH](=O)COC(C)Cn1cnc2c(N)ncnc21. The fraction of sp³-hybridized carbons (Fsp3) is 0.828. The lowest BCUT2D eigenvalue weighted by molar-refractivity contribution is 0.0879. The standard InChI is InChI=1S/C29H54N5O2PS2/c1-4-6-7-8-9-10-11-12-13-14-15-16-17-18-20-38-39-26(19-5-2)37(35)24-36-25(3)21-34-23-33-27-28(30)31-22-32-29(27)34/h22-23,25-26,37H,4-21,24H2,1-3H3,(H2,30,31,32). The molecule has 3 unspecified atom stereocenters. The summed E-state index contributed by atoms with van der Waals surface area (Å²) in [4.78, 5) is 12.8. The van der Waals surface area contributed by atoms with Gasteiger partial charge in [-0.15, -0.1) is 0 Å². The minimum atomic E-state index is -1.83. The largest absolute Gasteiger partial charge is 0.382 e. The molecule has 0 aromatic carbocycles. The Kier molecular flexibility index (Phi) is 19.4. The highest BCUT2D eigenvalue weighted by atomic mass is 33.1. The van der Waals surface area contributed by atoms with Crippen LogP contribution in [-0.2, 0) is 15.8 Å². The van der Waals surface area contributed by atoms with E-state index >= 15 is 0 Å². The monoisotopic (exact) mass is 599 g/mol. The molecule has 0 bridgehead atoms. The number of hydrogen-bond acceptors (Lipinski definition) is 8. The van der Waals surface area contributed by atoms with E-state index in [1.165, 1.54) is 96.2 Å². The van der Waals surface area contributed by atoms with Crippen molar-refractivity contribution in [2.45, 2.75) is 141 Å². The highest BCUT2D eigenvalue weighted by Gasteiger charge is 2.19. The number of rotatable bonds is 25. The van der Waals surface area contributed by atoms with Crippen molar-refractivity contribution < 1.29 is 9.30 Å². The van der Waals surface area contributed by atoms with Crippen LogP contribution in [0.3, 0.4) is 0 Å². The van der Waals surface area contributed by atoms with E-state index in [-0.39, 0.29) is 11.1 Å². The third kappa shape index (κ3) is 14.6. The van der Waals surface area contributed by atoms with Gasteiger partial charge in [-0.3, -0.25) is 0 Å². The lowest BCUT2D eigenvalue weighted by Gasteiger charge is -2.18. The second-order valence-electron chi connectivity index (χ2n) is 10.7.